The number of carboxylic acid groups (broad SMARTS) is 1. The minimum absolute atomic E-state index is 0.193. The lowest BCUT2D eigenvalue weighted by Crippen LogP contribution is -2.35. The first kappa shape index (κ1) is 11.5. The lowest BCUT2D eigenvalue weighted by Gasteiger charge is -2.20. The Bertz CT molecular complexity index is 201. The fourth-order valence-corrected chi connectivity index (χ4v) is 1.87. The van der Waals surface area contributed by atoms with Gasteiger partial charge < -0.3 is 10.8 Å². The molecule has 0 aromatic carbocycles. The van der Waals surface area contributed by atoms with E-state index in [0.717, 1.165) is 12.3 Å². The second kappa shape index (κ2) is 4.78. The van der Waals surface area contributed by atoms with Gasteiger partial charge in [0.25, 0.3) is 0 Å². The maximum absolute atomic E-state index is 10.7. The van der Waals surface area contributed by atoms with Crippen LogP contribution in [0.15, 0.2) is 0 Å². The molecule has 0 aromatic heterocycles. The van der Waals surface area contributed by atoms with Crippen LogP contribution in [0.2, 0.25) is 0 Å². The summed E-state index contributed by atoms with van der Waals surface area (Å²) in [5.74, 6) is 0.268. The van der Waals surface area contributed by atoms with Crippen molar-refractivity contribution in [1.29, 1.82) is 0 Å². The van der Waals surface area contributed by atoms with E-state index in [1.54, 1.807) is 6.92 Å². The summed E-state index contributed by atoms with van der Waals surface area (Å²) in [6, 6.07) is -0.193. The monoisotopic (exact) mass is 199 g/mol. The molecule has 0 spiro atoms. The fourth-order valence-electron chi connectivity index (χ4n) is 1.87. The summed E-state index contributed by atoms with van der Waals surface area (Å²) in [5, 5.41) is 8.78. The van der Waals surface area contributed by atoms with Gasteiger partial charge in [0.1, 0.15) is 0 Å². The van der Waals surface area contributed by atoms with Crippen molar-refractivity contribution in [3.8, 4) is 0 Å². The van der Waals surface area contributed by atoms with Crippen LogP contribution in [0, 0.1) is 17.8 Å². The van der Waals surface area contributed by atoms with Gasteiger partial charge in [0, 0.05) is 6.04 Å². The van der Waals surface area contributed by atoms with Gasteiger partial charge in [-0.1, -0.05) is 26.7 Å². The van der Waals surface area contributed by atoms with Crippen molar-refractivity contribution in [3.05, 3.63) is 0 Å². The molecule has 0 radical (unpaired) electrons. The van der Waals surface area contributed by atoms with Crippen LogP contribution in [0.1, 0.15) is 39.5 Å². The Labute approximate surface area is 85.7 Å². The van der Waals surface area contributed by atoms with E-state index in [1.807, 2.05) is 0 Å². The Hall–Kier alpha value is -0.570. The number of rotatable bonds is 6. The second-order valence-corrected chi connectivity index (χ2v) is 4.81. The number of aliphatic carboxylic acids is 1. The molecule has 0 aliphatic heterocycles. The molecule has 2 unspecified atom stereocenters. The average molecular weight is 199 g/mol. The number of carbonyl (C=O) groups is 1. The van der Waals surface area contributed by atoms with Gasteiger partial charge in [0.2, 0.25) is 0 Å². The minimum atomic E-state index is -0.781. The van der Waals surface area contributed by atoms with E-state index in [4.69, 9.17) is 10.8 Å². The van der Waals surface area contributed by atoms with Crippen LogP contribution in [0.25, 0.3) is 0 Å². The number of nitrogens with two attached hydrogens (primary N) is 1. The van der Waals surface area contributed by atoms with E-state index in [9.17, 15) is 4.79 Å². The highest BCUT2D eigenvalue weighted by Gasteiger charge is 2.26. The van der Waals surface area contributed by atoms with Crippen LogP contribution in [0.5, 0.6) is 0 Å². The zero-order chi connectivity index (χ0) is 10.7. The van der Waals surface area contributed by atoms with Crippen molar-refractivity contribution in [2.24, 2.45) is 23.5 Å². The molecular weight excluding hydrogens is 178 g/mol. The molecule has 1 saturated carbocycles. The zero-order valence-corrected chi connectivity index (χ0v) is 9.07. The Morgan fingerprint density at radius 1 is 1.50 bits per heavy atom. The molecule has 1 aliphatic carbocycles. The maximum Gasteiger partial charge on any atom is 0.307 e. The topological polar surface area (TPSA) is 63.3 Å². The number of carboxylic acids is 1. The van der Waals surface area contributed by atoms with Gasteiger partial charge in [-0.25, -0.2) is 0 Å². The zero-order valence-electron chi connectivity index (χ0n) is 9.07. The van der Waals surface area contributed by atoms with Gasteiger partial charge in [0.05, 0.1) is 5.92 Å². The summed E-state index contributed by atoms with van der Waals surface area (Å²) in [4.78, 5) is 10.7. The van der Waals surface area contributed by atoms with Crippen LogP contribution in [-0.4, -0.2) is 17.1 Å². The second-order valence-electron chi connectivity index (χ2n) is 4.81. The third kappa shape index (κ3) is 3.66. The normalized spacial score (nSPS) is 22.8. The third-order valence-electron chi connectivity index (χ3n) is 3.14. The van der Waals surface area contributed by atoms with E-state index < -0.39 is 11.9 Å². The van der Waals surface area contributed by atoms with Gasteiger partial charge >= 0.3 is 5.97 Å². The SMILES string of the molecule is CC(CC1CC1)C[C@H](N)C(C)C(=O)O. The van der Waals surface area contributed by atoms with Gasteiger partial charge in [-0.15, -0.1) is 0 Å². The summed E-state index contributed by atoms with van der Waals surface area (Å²) in [6.45, 7) is 3.86. The van der Waals surface area contributed by atoms with E-state index in [1.165, 1.54) is 19.3 Å². The van der Waals surface area contributed by atoms with E-state index in [-0.39, 0.29) is 6.04 Å². The molecule has 0 heterocycles. The van der Waals surface area contributed by atoms with Crippen LogP contribution in [-0.2, 0) is 4.79 Å². The van der Waals surface area contributed by atoms with Crippen LogP contribution < -0.4 is 5.73 Å². The van der Waals surface area contributed by atoms with Gasteiger partial charge in [-0.3, -0.25) is 4.79 Å². The Morgan fingerprint density at radius 2 is 2.07 bits per heavy atom. The number of hydrogen-bond donors (Lipinski definition) is 2. The Morgan fingerprint density at radius 3 is 2.50 bits per heavy atom. The maximum atomic E-state index is 10.7. The molecule has 0 aromatic rings. The van der Waals surface area contributed by atoms with Crippen LogP contribution in [0.4, 0.5) is 0 Å². The van der Waals surface area contributed by atoms with Crippen LogP contribution >= 0.6 is 0 Å². The molecule has 3 heteroatoms. The molecule has 0 saturated heterocycles. The summed E-state index contributed by atoms with van der Waals surface area (Å²) < 4.78 is 0. The van der Waals surface area contributed by atoms with Gasteiger partial charge in [-0.05, 0) is 24.7 Å². The fraction of sp³-hybridized carbons (Fsp3) is 0.909. The summed E-state index contributed by atoms with van der Waals surface area (Å²) in [5.41, 5.74) is 5.83. The van der Waals surface area contributed by atoms with E-state index in [0.29, 0.717) is 5.92 Å². The van der Waals surface area contributed by atoms with Crippen LogP contribution in [0.3, 0.4) is 0 Å². The quantitative estimate of drug-likeness (QED) is 0.686. The Balaban J connectivity index is 2.23. The van der Waals surface area contributed by atoms with Crippen molar-refractivity contribution >= 4 is 5.97 Å². The molecule has 1 fully saturated rings. The minimum Gasteiger partial charge on any atom is -0.481 e. The standard InChI is InChI=1S/C11H21NO2/c1-7(5-9-3-4-9)6-10(12)8(2)11(13)14/h7-10H,3-6,12H2,1-2H3,(H,13,14)/t7?,8?,10-/m0/s1. The molecule has 1 aliphatic rings. The van der Waals surface area contributed by atoms with Crippen molar-refractivity contribution < 1.29 is 9.90 Å². The molecule has 0 amide bonds. The largest absolute Gasteiger partial charge is 0.481 e. The first-order chi connectivity index (χ1) is 6.50. The first-order valence-electron chi connectivity index (χ1n) is 5.49. The smallest absolute Gasteiger partial charge is 0.307 e. The number of hydrogen-bond acceptors (Lipinski definition) is 2. The van der Waals surface area contributed by atoms with Crippen molar-refractivity contribution in [1.82, 2.24) is 0 Å². The molecule has 14 heavy (non-hydrogen) atoms. The summed E-state index contributed by atoms with van der Waals surface area (Å²) in [6.07, 6.45) is 4.77. The molecule has 82 valence electrons. The lowest BCUT2D eigenvalue weighted by molar-refractivity contribution is -0.141. The highest BCUT2D eigenvalue weighted by molar-refractivity contribution is 5.70. The highest BCUT2D eigenvalue weighted by atomic mass is 16.4. The van der Waals surface area contributed by atoms with Gasteiger partial charge in [0.15, 0.2) is 0 Å². The molecule has 3 atom stereocenters. The third-order valence-corrected chi connectivity index (χ3v) is 3.14. The predicted molar refractivity (Wildman–Crippen MR) is 55.9 cm³/mol. The van der Waals surface area contributed by atoms with Crippen molar-refractivity contribution in [2.75, 3.05) is 0 Å². The Kier molecular flexibility index (Phi) is 3.93. The molecular formula is C11H21NO2. The molecule has 1 rings (SSSR count). The highest BCUT2D eigenvalue weighted by Crippen LogP contribution is 2.36. The van der Waals surface area contributed by atoms with Crippen molar-refractivity contribution in [3.63, 3.8) is 0 Å². The molecule has 3 N–H and O–H groups in total. The van der Waals surface area contributed by atoms with Crippen molar-refractivity contribution in [2.45, 2.75) is 45.6 Å². The lowest BCUT2D eigenvalue weighted by atomic mass is 9.90. The molecule has 0 bridgehead atoms. The van der Waals surface area contributed by atoms with E-state index >= 15 is 0 Å². The average Bonchev–Trinajstić information content (AvgIpc) is 2.86. The molecule has 3 nitrogen and oxygen atoms in total. The van der Waals surface area contributed by atoms with Gasteiger partial charge in [-0.2, -0.15) is 0 Å². The summed E-state index contributed by atoms with van der Waals surface area (Å²) in [7, 11) is 0. The van der Waals surface area contributed by atoms with E-state index in [2.05, 4.69) is 6.92 Å². The summed E-state index contributed by atoms with van der Waals surface area (Å²) >= 11 is 0. The first-order valence-corrected chi connectivity index (χ1v) is 5.49. The predicted octanol–water partition coefficient (Wildman–Crippen LogP) is 1.86.